The van der Waals surface area contributed by atoms with Crippen molar-refractivity contribution in [3.05, 3.63) is 74.9 Å². The van der Waals surface area contributed by atoms with Crippen molar-refractivity contribution in [2.45, 2.75) is 23.8 Å². The van der Waals surface area contributed by atoms with Crippen molar-refractivity contribution in [1.82, 2.24) is 14.5 Å². The van der Waals surface area contributed by atoms with Crippen LogP contribution in [0.5, 0.6) is 0 Å². The van der Waals surface area contributed by atoms with E-state index < -0.39 is 0 Å². The summed E-state index contributed by atoms with van der Waals surface area (Å²) in [5, 5.41) is 0.509. The van der Waals surface area contributed by atoms with Gasteiger partial charge in [-0.05, 0) is 43.4 Å². The van der Waals surface area contributed by atoms with E-state index >= 15 is 0 Å². The molecule has 144 valence electrons. The summed E-state index contributed by atoms with van der Waals surface area (Å²) in [7, 11) is 0. The second-order valence-electron chi connectivity index (χ2n) is 6.87. The topological polar surface area (TPSA) is 75.2 Å². The van der Waals surface area contributed by atoms with Gasteiger partial charge in [-0.1, -0.05) is 24.3 Å². The number of nitrogens with zero attached hydrogens (tertiary/aromatic N) is 2. The summed E-state index contributed by atoms with van der Waals surface area (Å²) in [6.45, 7) is 1.04. The molecule has 7 heteroatoms. The SMILES string of the molecule is CSc1ccccc1C(=O)N1CCC(n2c(=O)[nH]c3ccccc3c2=O)CC1. The van der Waals surface area contributed by atoms with E-state index in [9.17, 15) is 14.4 Å². The molecule has 0 unspecified atom stereocenters. The number of hydrogen-bond donors (Lipinski definition) is 1. The molecular formula is C21H21N3O3S. The van der Waals surface area contributed by atoms with Gasteiger partial charge in [0.2, 0.25) is 0 Å². The molecule has 1 N–H and O–H groups in total. The molecule has 28 heavy (non-hydrogen) atoms. The minimum atomic E-state index is -0.388. The van der Waals surface area contributed by atoms with Crippen LogP contribution in [-0.2, 0) is 0 Å². The molecule has 1 fully saturated rings. The van der Waals surface area contributed by atoms with Crippen molar-refractivity contribution in [1.29, 1.82) is 0 Å². The summed E-state index contributed by atoms with van der Waals surface area (Å²) in [5.41, 5.74) is 0.599. The molecule has 0 saturated carbocycles. The van der Waals surface area contributed by atoms with Gasteiger partial charge in [0.25, 0.3) is 11.5 Å². The normalized spacial score (nSPS) is 15.1. The number of nitrogens with one attached hydrogen (secondary N) is 1. The van der Waals surface area contributed by atoms with E-state index in [1.807, 2.05) is 35.4 Å². The lowest BCUT2D eigenvalue weighted by atomic mass is 10.0. The van der Waals surface area contributed by atoms with Gasteiger partial charge in [0, 0.05) is 24.0 Å². The largest absolute Gasteiger partial charge is 0.338 e. The molecule has 0 radical (unpaired) electrons. The average Bonchev–Trinajstić information content (AvgIpc) is 2.73. The quantitative estimate of drug-likeness (QED) is 0.692. The molecule has 4 rings (SSSR count). The number of carbonyl (C=O) groups is 1. The first-order valence-corrected chi connectivity index (χ1v) is 10.5. The van der Waals surface area contributed by atoms with E-state index in [0.717, 1.165) is 4.90 Å². The molecule has 0 spiro atoms. The van der Waals surface area contributed by atoms with Crippen molar-refractivity contribution in [2.24, 2.45) is 0 Å². The monoisotopic (exact) mass is 395 g/mol. The van der Waals surface area contributed by atoms with E-state index in [4.69, 9.17) is 0 Å². The zero-order valence-corrected chi connectivity index (χ0v) is 16.4. The number of amides is 1. The summed E-state index contributed by atoms with van der Waals surface area (Å²) >= 11 is 1.55. The predicted molar refractivity (Wildman–Crippen MR) is 111 cm³/mol. The van der Waals surface area contributed by atoms with Crippen LogP contribution in [0.2, 0.25) is 0 Å². The fourth-order valence-corrected chi connectivity index (χ4v) is 4.42. The predicted octanol–water partition coefficient (Wildman–Crippen LogP) is 2.89. The van der Waals surface area contributed by atoms with E-state index in [1.54, 1.807) is 36.0 Å². The molecule has 0 aliphatic carbocycles. The molecule has 2 heterocycles. The third kappa shape index (κ3) is 3.26. The van der Waals surface area contributed by atoms with Crippen LogP contribution < -0.4 is 11.2 Å². The number of aromatic amines is 1. The van der Waals surface area contributed by atoms with Crippen molar-refractivity contribution >= 4 is 28.6 Å². The van der Waals surface area contributed by atoms with Gasteiger partial charge in [0.05, 0.1) is 16.5 Å². The highest BCUT2D eigenvalue weighted by Crippen LogP contribution is 2.25. The number of likely N-dealkylation sites (tertiary alicyclic amines) is 1. The lowest BCUT2D eigenvalue weighted by molar-refractivity contribution is 0.0688. The molecule has 6 nitrogen and oxygen atoms in total. The molecule has 1 aliphatic heterocycles. The number of rotatable bonds is 3. The minimum Gasteiger partial charge on any atom is -0.338 e. The van der Waals surface area contributed by atoms with Gasteiger partial charge in [0.1, 0.15) is 0 Å². The summed E-state index contributed by atoms with van der Waals surface area (Å²) in [4.78, 5) is 43.8. The first-order chi connectivity index (χ1) is 13.6. The zero-order chi connectivity index (χ0) is 19.7. The third-order valence-electron chi connectivity index (χ3n) is 5.29. The molecule has 0 bridgehead atoms. The second-order valence-corrected chi connectivity index (χ2v) is 7.72. The molecule has 2 aromatic carbocycles. The van der Waals surface area contributed by atoms with Gasteiger partial charge < -0.3 is 9.88 Å². The van der Waals surface area contributed by atoms with Crippen LogP contribution in [0.25, 0.3) is 10.9 Å². The Bertz CT molecular complexity index is 1140. The number of piperidine rings is 1. The summed E-state index contributed by atoms with van der Waals surface area (Å²) in [5.74, 6) is 0.00293. The van der Waals surface area contributed by atoms with Gasteiger partial charge in [-0.2, -0.15) is 0 Å². The molecule has 1 aromatic heterocycles. The van der Waals surface area contributed by atoms with Crippen molar-refractivity contribution in [2.75, 3.05) is 19.3 Å². The number of aromatic nitrogens is 2. The Labute approximate surface area is 166 Å². The van der Waals surface area contributed by atoms with E-state index in [-0.39, 0.29) is 23.2 Å². The van der Waals surface area contributed by atoms with E-state index in [0.29, 0.717) is 42.4 Å². The number of carbonyl (C=O) groups excluding carboxylic acids is 1. The summed E-state index contributed by atoms with van der Waals surface area (Å²) < 4.78 is 1.32. The van der Waals surface area contributed by atoms with Gasteiger partial charge in [-0.25, -0.2) is 4.79 Å². The molecule has 3 aromatic rings. The summed E-state index contributed by atoms with van der Waals surface area (Å²) in [6.07, 6.45) is 3.11. The first-order valence-electron chi connectivity index (χ1n) is 9.26. The number of hydrogen-bond acceptors (Lipinski definition) is 4. The number of fused-ring (bicyclic) bond motifs is 1. The minimum absolute atomic E-state index is 0.00293. The van der Waals surface area contributed by atoms with Crippen LogP contribution in [0.15, 0.2) is 63.0 Å². The highest BCUT2D eigenvalue weighted by atomic mass is 32.2. The maximum absolute atomic E-state index is 12.9. The van der Waals surface area contributed by atoms with E-state index in [1.165, 1.54) is 4.57 Å². The van der Waals surface area contributed by atoms with Gasteiger partial charge in [0.15, 0.2) is 0 Å². The van der Waals surface area contributed by atoms with Gasteiger partial charge in [-0.3, -0.25) is 14.2 Å². The van der Waals surface area contributed by atoms with Gasteiger partial charge in [-0.15, -0.1) is 11.8 Å². The highest BCUT2D eigenvalue weighted by molar-refractivity contribution is 7.98. The fourth-order valence-electron chi connectivity index (χ4n) is 3.83. The van der Waals surface area contributed by atoms with Gasteiger partial charge >= 0.3 is 5.69 Å². The van der Waals surface area contributed by atoms with Crippen LogP contribution in [0.1, 0.15) is 29.2 Å². The average molecular weight is 395 g/mol. The van der Waals surface area contributed by atoms with Crippen LogP contribution in [0.4, 0.5) is 0 Å². The van der Waals surface area contributed by atoms with Crippen molar-refractivity contribution in [3.63, 3.8) is 0 Å². The van der Waals surface area contributed by atoms with Crippen LogP contribution in [0.3, 0.4) is 0 Å². The third-order valence-corrected chi connectivity index (χ3v) is 6.09. The zero-order valence-electron chi connectivity index (χ0n) is 15.6. The highest BCUT2D eigenvalue weighted by Gasteiger charge is 2.27. The molecule has 1 aliphatic rings. The fraction of sp³-hybridized carbons (Fsp3) is 0.286. The molecule has 1 saturated heterocycles. The first kappa shape index (κ1) is 18.6. The summed E-state index contributed by atoms with van der Waals surface area (Å²) in [6, 6.07) is 14.4. The molecule has 1 amide bonds. The van der Waals surface area contributed by atoms with E-state index in [2.05, 4.69) is 4.98 Å². The Hall–Kier alpha value is -2.80. The molecule has 0 atom stereocenters. The van der Waals surface area contributed by atoms with Crippen LogP contribution >= 0.6 is 11.8 Å². The van der Waals surface area contributed by atoms with Crippen LogP contribution in [-0.4, -0.2) is 39.7 Å². The lowest BCUT2D eigenvalue weighted by Gasteiger charge is -2.32. The van der Waals surface area contributed by atoms with Crippen molar-refractivity contribution < 1.29 is 4.79 Å². The Morgan fingerprint density at radius 3 is 2.46 bits per heavy atom. The smallest absolute Gasteiger partial charge is 0.329 e. The molecular weight excluding hydrogens is 374 g/mol. The maximum Gasteiger partial charge on any atom is 0.329 e. The Morgan fingerprint density at radius 2 is 1.71 bits per heavy atom. The second kappa shape index (κ2) is 7.67. The van der Waals surface area contributed by atoms with Crippen LogP contribution in [0, 0.1) is 0 Å². The number of thioether (sulfide) groups is 1. The van der Waals surface area contributed by atoms with Crippen molar-refractivity contribution in [3.8, 4) is 0 Å². The Morgan fingerprint density at radius 1 is 1.04 bits per heavy atom. The maximum atomic E-state index is 12.9. The number of benzene rings is 2. The standard InChI is InChI=1S/C21H21N3O3S/c1-28-18-9-5-3-7-16(18)19(25)23-12-10-14(11-13-23)24-20(26)15-6-2-4-8-17(15)22-21(24)27/h2-9,14H,10-13H2,1H3,(H,22,27). The number of para-hydroxylation sites is 1. The Balaban J connectivity index is 1.57. The lowest BCUT2D eigenvalue weighted by Crippen LogP contribution is -2.45. The number of H-pyrrole nitrogens is 1. The Kier molecular flexibility index (Phi) is 5.09.